The molecule has 1 aromatic carbocycles. The van der Waals surface area contributed by atoms with Crippen LogP contribution in [0.25, 0.3) is 0 Å². The van der Waals surface area contributed by atoms with Crippen molar-refractivity contribution in [2.24, 2.45) is 11.3 Å². The van der Waals surface area contributed by atoms with Crippen molar-refractivity contribution in [1.82, 2.24) is 5.32 Å². The van der Waals surface area contributed by atoms with Crippen LogP contribution in [-0.4, -0.2) is 13.1 Å². The molecule has 0 spiro atoms. The van der Waals surface area contributed by atoms with Crippen LogP contribution in [0.4, 0.5) is 0 Å². The van der Waals surface area contributed by atoms with Crippen molar-refractivity contribution in [2.45, 2.75) is 39.2 Å². The molecule has 1 fully saturated rings. The van der Waals surface area contributed by atoms with Gasteiger partial charge in [-0.25, -0.2) is 0 Å². The van der Waals surface area contributed by atoms with Crippen LogP contribution in [0.3, 0.4) is 0 Å². The zero-order valence-electron chi connectivity index (χ0n) is 11.1. The number of halogens is 1. The maximum absolute atomic E-state index is 5.96. The van der Waals surface area contributed by atoms with Crippen LogP contribution in [0.1, 0.15) is 38.7 Å². The first-order valence-corrected chi connectivity index (χ1v) is 6.85. The van der Waals surface area contributed by atoms with Crippen molar-refractivity contribution in [1.29, 1.82) is 0 Å². The smallest absolute Gasteiger partial charge is 0.0406 e. The highest BCUT2D eigenvalue weighted by Crippen LogP contribution is 2.58. The summed E-state index contributed by atoms with van der Waals surface area (Å²) in [5.41, 5.74) is 1.79. The van der Waals surface area contributed by atoms with Crippen molar-refractivity contribution in [3.8, 4) is 0 Å². The molecule has 4 unspecified atom stereocenters. The average Bonchev–Trinajstić information content (AvgIpc) is 2.32. The van der Waals surface area contributed by atoms with E-state index >= 15 is 0 Å². The van der Waals surface area contributed by atoms with Gasteiger partial charge in [0.05, 0.1) is 0 Å². The predicted octanol–water partition coefficient (Wildman–Crippen LogP) is 4.08. The Bertz CT molecular complexity index is 386. The number of nitrogens with one attached hydrogen (secondary N) is 1. The second-order valence-electron chi connectivity index (χ2n) is 5.51. The Labute approximate surface area is 110 Å². The number of hydrogen-bond donors (Lipinski definition) is 1. The molecular weight excluding hydrogens is 230 g/mol. The Morgan fingerprint density at radius 3 is 2.35 bits per heavy atom. The summed E-state index contributed by atoms with van der Waals surface area (Å²) < 4.78 is 0. The Hall–Kier alpha value is -0.530. The van der Waals surface area contributed by atoms with Crippen molar-refractivity contribution in [2.75, 3.05) is 7.05 Å². The molecule has 0 saturated heterocycles. The highest BCUT2D eigenvalue weighted by Gasteiger charge is 2.55. The lowest BCUT2D eigenvalue weighted by Crippen LogP contribution is -2.61. The fraction of sp³-hybridized carbons (Fsp3) is 0.600. The molecule has 0 heterocycles. The molecule has 0 aromatic heterocycles. The van der Waals surface area contributed by atoms with Gasteiger partial charge in [-0.15, -0.1) is 0 Å². The van der Waals surface area contributed by atoms with Gasteiger partial charge in [0.15, 0.2) is 0 Å². The monoisotopic (exact) mass is 251 g/mol. The molecule has 1 aliphatic carbocycles. The predicted molar refractivity (Wildman–Crippen MR) is 74.6 cm³/mol. The van der Waals surface area contributed by atoms with E-state index in [4.69, 9.17) is 11.6 Å². The van der Waals surface area contributed by atoms with Gasteiger partial charge in [0.25, 0.3) is 0 Å². The summed E-state index contributed by atoms with van der Waals surface area (Å²) in [5, 5.41) is 4.30. The second kappa shape index (κ2) is 4.62. The van der Waals surface area contributed by atoms with E-state index in [1.165, 1.54) is 12.0 Å². The largest absolute Gasteiger partial charge is 0.316 e. The summed E-state index contributed by atoms with van der Waals surface area (Å²) in [6.07, 6.45) is 1.20. The third-order valence-electron chi connectivity index (χ3n) is 4.77. The number of rotatable bonds is 3. The first kappa shape index (κ1) is 12.9. The van der Waals surface area contributed by atoms with Crippen LogP contribution in [0.5, 0.6) is 0 Å². The topological polar surface area (TPSA) is 12.0 Å². The molecule has 4 atom stereocenters. The Balaban J connectivity index is 2.29. The molecule has 1 aliphatic rings. The first-order valence-electron chi connectivity index (χ1n) is 6.47. The van der Waals surface area contributed by atoms with E-state index in [1.807, 2.05) is 12.1 Å². The molecule has 0 amide bonds. The Kier molecular flexibility index (Phi) is 3.51. The minimum atomic E-state index is 0.363. The molecule has 0 bridgehead atoms. The van der Waals surface area contributed by atoms with Gasteiger partial charge in [0.1, 0.15) is 0 Å². The van der Waals surface area contributed by atoms with E-state index in [2.05, 4.69) is 45.3 Å². The van der Waals surface area contributed by atoms with E-state index in [9.17, 15) is 0 Å². The summed E-state index contributed by atoms with van der Waals surface area (Å²) in [6.45, 7) is 7.03. The minimum Gasteiger partial charge on any atom is -0.316 e. The molecule has 1 nitrogen and oxygen atoms in total. The van der Waals surface area contributed by atoms with Crippen LogP contribution in [-0.2, 0) is 0 Å². The molecular formula is C15H22ClN. The van der Waals surface area contributed by atoms with E-state index in [0.29, 0.717) is 23.3 Å². The molecule has 1 saturated carbocycles. The van der Waals surface area contributed by atoms with Gasteiger partial charge in [-0.1, -0.05) is 44.5 Å². The van der Waals surface area contributed by atoms with Gasteiger partial charge in [0, 0.05) is 11.1 Å². The molecule has 2 rings (SSSR count). The molecule has 0 radical (unpaired) electrons. The SMILES string of the molecule is CCC1(C)C(NC)C(C)C1c1ccc(Cl)cc1. The van der Waals surface area contributed by atoms with Gasteiger partial charge >= 0.3 is 0 Å². The minimum absolute atomic E-state index is 0.363. The zero-order chi connectivity index (χ0) is 12.6. The third kappa shape index (κ3) is 1.90. The molecule has 1 N–H and O–H groups in total. The van der Waals surface area contributed by atoms with Gasteiger partial charge in [-0.05, 0) is 48.4 Å². The lowest BCUT2D eigenvalue weighted by Gasteiger charge is -2.59. The maximum Gasteiger partial charge on any atom is 0.0406 e. The summed E-state index contributed by atoms with van der Waals surface area (Å²) in [5.74, 6) is 1.33. The molecule has 1 aromatic rings. The molecule has 2 heteroatoms. The van der Waals surface area contributed by atoms with Crippen LogP contribution in [0, 0.1) is 11.3 Å². The van der Waals surface area contributed by atoms with E-state index in [-0.39, 0.29) is 0 Å². The van der Waals surface area contributed by atoms with E-state index in [0.717, 1.165) is 5.02 Å². The standard InChI is InChI=1S/C15H22ClN/c1-5-15(3)13(10(2)14(15)17-4)11-6-8-12(16)9-7-11/h6-10,13-14,17H,5H2,1-4H3. The van der Waals surface area contributed by atoms with Crippen LogP contribution >= 0.6 is 11.6 Å². The Morgan fingerprint density at radius 2 is 1.88 bits per heavy atom. The third-order valence-corrected chi connectivity index (χ3v) is 5.03. The molecule has 0 aliphatic heterocycles. The summed E-state index contributed by atoms with van der Waals surface area (Å²) in [4.78, 5) is 0. The van der Waals surface area contributed by atoms with Crippen LogP contribution in [0.15, 0.2) is 24.3 Å². The lowest BCUT2D eigenvalue weighted by atomic mass is 9.48. The van der Waals surface area contributed by atoms with Crippen molar-refractivity contribution in [3.63, 3.8) is 0 Å². The normalized spacial score (nSPS) is 36.6. The second-order valence-corrected chi connectivity index (χ2v) is 5.95. The van der Waals surface area contributed by atoms with Crippen LogP contribution < -0.4 is 5.32 Å². The zero-order valence-corrected chi connectivity index (χ0v) is 11.9. The highest BCUT2D eigenvalue weighted by atomic mass is 35.5. The highest BCUT2D eigenvalue weighted by molar-refractivity contribution is 6.30. The van der Waals surface area contributed by atoms with Crippen molar-refractivity contribution in [3.05, 3.63) is 34.9 Å². The fourth-order valence-corrected chi connectivity index (χ4v) is 3.98. The van der Waals surface area contributed by atoms with Crippen LogP contribution in [0.2, 0.25) is 5.02 Å². The lowest BCUT2D eigenvalue weighted by molar-refractivity contribution is -0.0154. The molecule has 17 heavy (non-hydrogen) atoms. The fourth-order valence-electron chi connectivity index (χ4n) is 3.86. The number of hydrogen-bond acceptors (Lipinski definition) is 1. The van der Waals surface area contributed by atoms with Gasteiger partial charge in [-0.3, -0.25) is 0 Å². The quantitative estimate of drug-likeness (QED) is 0.854. The molecule has 94 valence electrons. The number of benzene rings is 1. The first-order chi connectivity index (χ1) is 8.04. The van der Waals surface area contributed by atoms with Crippen molar-refractivity contribution < 1.29 is 0 Å². The van der Waals surface area contributed by atoms with Gasteiger partial charge in [-0.2, -0.15) is 0 Å². The van der Waals surface area contributed by atoms with Gasteiger partial charge in [0.2, 0.25) is 0 Å². The van der Waals surface area contributed by atoms with E-state index < -0.39 is 0 Å². The van der Waals surface area contributed by atoms with E-state index in [1.54, 1.807) is 0 Å². The maximum atomic E-state index is 5.96. The summed E-state index contributed by atoms with van der Waals surface area (Å²) in [6, 6.07) is 9.00. The summed E-state index contributed by atoms with van der Waals surface area (Å²) >= 11 is 5.96. The Morgan fingerprint density at radius 1 is 1.29 bits per heavy atom. The average molecular weight is 252 g/mol. The van der Waals surface area contributed by atoms with Crippen molar-refractivity contribution >= 4 is 11.6 Å². The van der Waals surface area contributed by atoms with Gasteiger partial charge < -0.3 is 5.32 Å². The summed E-state index contributed by atoms with van der Waals surface area (Å²) in [7, 11) is 2.08.